The highest BCUT2D eigenvalue weighted by Crippen LogP contribution is 2.21. The van der Waals surface area contributed by atoms with Crippen molar-refractivity contribution in [1.82, 2.24) is 4.90 Å². The van der Waals surface area contributed by atoms with Crippen LogP contribution in [0.4, 0.5) is 0 Å². The first kappa shape index (κ1) is 17.7. The molecule has 5 heteroatoms. The average molecular weight is 305 g/mol. The Labute approximate surface area is 128 Å². The van der Waals surface area contributed by atoms with Gasteiger partial charge in [-0.2, -0.15) is 0 Å². The fourth-order valence-corrected chi connectivity index (χ4v) is 3.24. The van der Waals surface area contributed by atoms with Gasteiger partial charge in [0.15, 0.2) is 0 Å². The van der Waals surface area contributed by atoms with Crippen molar-refractivity contribution in [3.05, 3.63) is 0 Å². The molecule has 2 fully saturated rings. The Morgan fingerprint density at radius 2 is 2.05 bits per heavy atom. The van der Waals surface area contributed by atoms with Crippen molar-refractivity contribution in [1.29, 1.82) is 0 Å². The largest absolute Gasteiger partial charge is 0.378 e. The van der Waals surface area contributed by atoms with Gasteiger partial charge in [0.1, 0.15) is 0 Å². The number of ether oxygens (including phenoxy) is 1. The van der Waals surface area contributed by atoms with Crippen LogP contribution in [0.5, 0.6) is 0 Å². The molecule has 2 atom stereocenters. The number of amides is 1. The van der Waals surface area contributed by atoms with Crippen molar-refractivity contribution >= 4 is 18.3 Å². The number of halogens is 1. The highest BCUT2D eigenvalue weighted by atomic mass is 35.5. The molecule has 2 N–H and O–H groups in total. The van der Waals surface area contributed by atoms with Crippen molar-refractivity contribution in [2.75, 3.05) is 26.2 Å². The van der Waals surface area contributed by atoms with Crippen LogP contribution in [0.2, 0.25) is 0 Å². The summed E-state index contributed by atoms with van der Waals surface area (Å²) in [6.07, 6.45) is 8.85. The predicted octanol–water partition coefficient (Wildman–Crippen LogP) is 2.34. The zero-order valence-electron chi connectivity index (χ0n) is 12.4. The molecule has 0 aromatic rings. The van der Waals surface area contributed by atoms with Crippen LogP contribution in [0.3, 0.4) is 0 Å². The first-order chi connectivity index (χ1) is 9.29. The fraction of sp³-hybridized carbons (Fsp3) is 0.933. The van der Waals surface area contributed by atoms with E-state index in [1.165, 1.54) is 19.3 Å². The number of rotatable bonds is 5. The number of nitrogens with zero attached hydrogens (tertiary/aromatic N) is 1. The highest BCUT2D eigenvalue weighted by molar-refractivity contribution is 5.85. The maximum absolute atomic E-state index is 12.2. The monoisotopic (exact) mass is 304 g/mol. The van der Waals surface area contributed by atoms with Gasteiger partial charge in [-0.15, -0.1) is 12.4 Å². The minimum Gasteiger partial charge on any atom is -0.378 e. The van der Waals surface area contributed by atoms with Gasteiger partial charge in [0, 0.05) is 26.1 Å². The van der Waals surface area contributed by atoms with Gasteiger partial charge in [0.2, 0.25) is 5.91 Å². The Morgan fingerprint density at radius 3 is 2.75 bits per heavy atom. The molecule has 2 saturated heterocycles. The minimum atomic E-state index is 0. The topological polar surface area (TPSA) is 55.6 Å². The van der Waals surface area contributed by atoms with Crippen LogP contribution in [0.25, 0.3) is 0 Å². The first-order valence-corrected chi connectivity index (χ1v) is 7.89. The molecule has 2 aliphatic rings. The molecule has 0 spiro atoms. The average Bonchev–Trinajstić information content (AvgIpc) is 2.46. The molecule has 2 heterocycles. The number of carbonyl (C=O) groups is 1. The molecule has 0 aliphatic carbocycles. The van der Waals surface area contributed by atoms with E-state index in [0.717, 1.165) is 51.9 Å². The second kappa shape index (κ2) is 9.59. The third-order valence-corrected chi connectivity index (χ3v) is 4.40. The van der Waals surface area contributed by atoms with Crippen LogP contribution in [0.1, 0.15) is 51.4 Å². The maximum Gasteiger partial charge on any atom is 0.222 e. The molecule has 1 amide bonds. The molecular formula is C15H29ClN2O2. The molecule has 4 nitrogen and oxygen atoms in total. The van der Waals surface area contributed by atoms with Crippen LogP contribution in [-0.4, -0.2) is 43.2 Å². The SMILES string of the molecule is Cl.NCCC1CCCN(C(=O)CCC2CCCCO2)C1. The number of hydrogen-bond donors (Lipinski definition) is 1. The first-order valence-electron chi connectivity index (χ1n) is 7.89. The summed E-state index contributed by atoms with van der Waals surface area (Å²) in [5, 5.41) is 0. The van der Waals surface area contributed by atoms with E-state index >= 15 is 0 Å². The van der Waals surface area contributed by atoms with Crippen molar-refractivity contribution in [2.45, 2.75) is 57.5 Å². The molecule has 2 rings (SSSR count). The minimum absolute atomic E-state index is 0. The van der Waals surface area contributed by atoms with Crippen molar-refractivity contribution in [3.63, 3.8) is 0 Å². The van der Waals surface area contributed by atoms with Crippen molar-refractivity contribution < 1.29 is 9.53 Å². The van der Waals surface area contributed by atoms with Crippen LogP contribution in [-0.2, 0) is 9.53 Å². The zero-order valence-corrected chi connectivity index (χ0v) is 13.2. The molecular weight excluding hydrogens is 276 g/mol. The Kier molecular flexibility index (Phi) is 8.50. The molecule has 0 radical (unpaired) electrons. The highest BCUT2D eigenvalue weighted by Gasteiger charge is 2.24. The van der Waals surface area contributed by atoms with Gasteiger partial charge >= 0.3 is 0 Å². The summed E-state index contributed by atoms with van der Waals surface area (Å²) in [7, 11) is 0. The summed E-state index contributed by atoms with van der Waals surface area (Å²) in [4.78, 5) is 14.3. The van der Waals surface area contributed by atoms with Gasteiger partial charge in [-0.05, 0) is 57.4 Å². The Bertz CT molecular complexity index is 281. The lowest BCUT2D eigenvalue weighted by atomic mass is 9.94. The predicted molar refractivity (Wildman–Crippen MR) is 83.0 cm³/mol. The Morgan fingerprint density at radius 1 is 1.20 bits per heavy atom. The standard InChI is InChI=1S/C15H28N2O2.ClH/c16-9-8-13-4-3-10-17(12-13)15(18)7-6-14-5-1-2-11-19-14;/h13-14H,1-12,16H2;1H. The van der Waals surface area contributed by atoms with Crippen LogP contribution in [0, 0.1) is 5.92 Å². The van der Waals surface area contributed by atoms with Crippen molar-refractivity contribution in [2.24, 2.45) is 11.7 Å². The van der Waals surface area contributed by atoms with E-state index in [0.29, 0.717) is 24.3 Å². The summed E-state index contributed by atoms with van der Waals surface area (Å²) in [5.41, 5.74) is 5.62. The van der Waals surface area contributed by atoms with Gasteiger partial charge in [-0.25, -0.2) is 0 Å². The molecule has 20 heavy (non-hydrogen) atoms. The number of nitrogens with two attached hydrogens (primary N) is 1. The molecule has 2 unspecified atom stereocenters. The second-order valence-corrected chi connectivity index (χ2v) is 5.95. The lowest BCUT2D eigenvalue weighted by Crippen LogP contribution is -2.40. The van der Waals surface area contributed by atoms with Gasteiger partial charge in [-0.1, -0.05) is 0 Å². The Balaban J connectivity index is 0.00000200. The van der Waals surface area contributed by atoms with Gasteiger partial charge < -0.3 is 15.4 Å². The molecule has 0 aromatic heterocycles. The van der Waals surface area contributed by atoms with Gasteiger partial charge in [-0.3, -0.25) is 4.79 Å². The van der Waals surface area contributed by atoms with Crippen molar-refractivity contribution in [3.8, 4) is 0 Å². The summed E-state index contributed by atoms with van der Waals surface area (Å²) in [5.74, 6) is 0.935. The normalized spacial score (nSPS) is 26.9. The summed E-state index contributed by atoms with van der Waals surface area (Å²) < 4.78 is 5.69. The fourth-order valence-electron chi connectivity index (χ4n) is 3.24. The third-order valence-electron chi connectivity index (χ3n) is 4.40. The molecule has 0 aromatic carbocycles. The zero-order chi connectivity index (χ0) is 13.5. The van der Waals surface area contributed by atoms with E-state index in [2.05, 4.69) is 0 Å². The maximum atomic E-state index is 12.2. The number of carbonyl (C=O) groups excluding carboxylic acids is 1. The molecule has 0 bridgehead atoms. The molecule has 2 aliphatic heterocycles. The molecule has 118 valence electrons. The van der Waals surface area contributed by atoms with Gasteiger partial charge in [0.25, 0.3) is 0 Å². The number of hydrogen-bond acceptors (Lipinski definition) is 3. The van der Waals surface area contributed by atoms with Gasteiger partial charge in [0.05, 0.1) is 6.10 Å². The summed E-state index contributed by atoms with van der Waals surface area (Å²) in [6.45, 7) is 3.47. The Hall–Kier alpha value is -0.320. The van der Waals surface area contributed by atoms with E-state index in [-0.39, 0.29) is 12.4 Å². The third kappa shape index (κ3) is 5.58. The van der Waals surface area contributed by atoms with E-state index in [1.807, 2.05) is 4.90 Å². The second-order valence-electron chi connectivity index (χ2n) is 5.95. The smallest absolute Gasteiger partial charge is 0.222 e. The van der Waals surface area contributed by atoms with E-state index in [1.54, 1.807) is 0 Å². The quantitative estimate of drug-likeness (QED) is 0.848. The molecule has 0 saturated carbocycles. The summed E-state index contributed by atoms with van der Waals surface area (Å²) >= 11 is 0. The van der Waals surface area contributed by atoms with Crippen LogP contribution < -0.4 is 5.73 Å². The van der Waals surface area contributed by atoms with E-state index in [4.69, 9.17) is 10.5 Å². The lowest BCUT2D eigenvalue weighted by molar-refractivity contribution is -0.134. The van der Waals surface area contributed by atoms with E-state index in [9.17, 15) is 4.79 Å². The number of likely N-dealkylation sites (tertiary alicyclic amines) is 1. The van der Waals surface area contributed by atoms with Crippen LogP contribution >= 0.6 is 12.4 Å². The lowest BCUT2D eigenvalue weighted by Gasteiger charge is -2.33. The van der Waals surface area contributed by atoms with Crippen LogP contribution in [0.15, 0.2) is 0 Å². The van der Waals surface area contributed by atoms with E-state index < -0.39 is 0 Å². The number of piperidine rings is 1. The summed E-state index contributed by atoms with van der Waals surface area (Å²) in [6, 6.07) is 0.